The van der Waals surface area contributed by atoms with Crippen molar-refractivity contribution >= 4 is 22.6 Å². The molecule has 2 nitrogen and oxygen atoms in total. The van der Waals surface area contributed by atoms with Gasteiger partial charge in [0.15, 0.2) is 0 Å². The van der Waals surface area contributed by atoms with E-state index in [-0.39, 0.29) is 0 Å². The van der Waals surface area contributed by atoms with E-state index in [9.17, 15) is 5.26 Å². The molecule has 3 heteroatoms. The summed E-state index contributed by atoms with van der Waals surface area (Å²) in [6, 6.07) is 10.8. The highest BCUT2D eigenvalue weighted by atomic mass is 32.1. The van der Waals surface area contributed by atoms with Gasteiger partial charge in [0.1, 0.15) is 11.1 Å². The topological polar surface area (TPSA) is 36.1 Å². The van der Waals surface area contributed by atoms with Gasteiger partial charge in [0.25, 0.3) is 0 Å². The van der Waals surface area contributed by atoms with Gasteiger partial charge in [-0.25, -0.2) is 4.99 Å². The molecule has 0 aliphatic heterocycles. The first-order valence-corrected chi connectivity index (χ1v) is 8.31. The van der Waals surface area contributed by atoms with Gasteiger partial charge < -0.3 is 0 Å². The summed E-state index contributed by atoms with van der Waals surface area (Å²) in [4.78, 5) is 5.95. The van der Waals surface area contributed by atoms with Crippen molar-refractivity contribution in [3.05, 3.63) is 51.4 Å². The van der Waals surface area contributed by atoms with Crippen LogP contribution in [0.1, 0.15) is 46.9 Å². The Morgan fingerprint density at radius 1 is 1.24 bits per heavy atom. The number of benzene rings is 1. The van der Waals surface area contributed by atoms with E-state index in [0.29, 0.717) is 0 Å². The average molecular weight is 294 g/mol. The van der Waals surface area contributed by atoms with Gasteiger partial charge in [-0.3, -0.25) is 0 Å². The largest absolute Gasteiger partial charge is 0.244 e. The van der Waals surface area contributed by atoms with Crippen LogP contribution in [0, 0.1) is 11.3 Å². The maximum Gasteiger partial charge on any atom is 0.134 e. The number of rotatable bonds is 3. The van der Waals surface area contributed by atoms with Gasteiger partial charge in [0, 0.05) is 11.1 Å². The van der Waals surface area contributed by atoms with Crippen LogP contribution in [0.25, 0.3) is 0 Å². The number of nitriles is 1. The molecule has 0 saturated heterocycles. The van der Waals surface area contributed by atoms with E-state index >= 15 is 0 Å². The van der Waals surface area contributed by atoms with Crippen molar-refractivity contribution in [2.75, 3.05) is 0 Å². The smallest absolute Gasteiger partial charge is 0.134 e. The second kappa shape index (κ2) is 6.24. The SMILES string of the molecule is CCc1ccc(/C=N/c2sc3c(c2C#N)CCCC3)cc1. The van der Waals surface area contributed by atoms with Crippen molar-refractivity contribution in [1.82, 2.24) is 0 Å². The predicted octanol–water partition coefficient (Wildman–Crippen LogP) is 4.81. The quantitative estimate of drug-likeness (QED) is 0.748. The summed E-state index contributed by atoms with van der Waals surface area (Å²) in [6.07, 6.45) is 7.50. The van der Waals surface area contributed by atoms with Crippen molar-refractivity contribution in [3.8, 4) is 6.07 Å². The van der Waals surface area contributed by atoms with Gasteiger partial charge in [-0.2, -0.15) is 5.26 Å². The monoisotopic (exact) mass is 294 g/mol. The molecule has 0 bridgehead atoms. The average Bonchev–Trinajstić information content (AvgIpc) is 2.91. The van der Waals surface area contributed by atoms with E-state index in [1.54, 1.807) is 11.3 Å². The zero-order valence-corrected chi connectivity index (χ0v) is 13.0. The molecule has 106 valence electrons. The lowest BCUT2D eigenvalue weighted by molar-refractivity contribution is 0.696. The van der Waals surface area contributed by atoms with E-state index in [1.165, 1.54) is 28.8 Å². The molecule has 0 spiro atoms. The highest BCUT2D eigenvalue weighted by Gasteiger charge is 2.19. The highest BCUT2D eigenvalue weighted by Crippen LogP contribution is 2.39. The van der Waals surface area contributed by atoms with Crippen molar-refractivity contribution in [1.29, 1.82) is 5.26 Å². The molecule has 0 fully saturated rings. The fourth-order valence-corrected chi connectivity index (χ4v) is 3.91. The first-order valence-electron chi connectivity index (χ1n) is 7.49. The Morgan fingerprint density at radius 3 is 2.71 bits per heavy atom. The molecule has 1 heterocycles. The van der Waals surface area contributed by atoms with Crippen LogP contribution < -0.4 is 0 Å². The second-order valence-corrected chi connectivity index (χ2v) is 6.44. The number of aryl methyl sites for hydroxylation is 2. The maximum atomic E-state index is 9.41. The Labute approximate surface area is 129 Å². The molecule has 1 aliphatic carbocycles. The number of fused-ring (bicyclic) bond motifs is 1. The molecule has 2 aromatic rings. The molecule has 3 rings (SSSR count). The van der Waals surface area contributed by atoms with E-state index in [1.807, 2.05) is 6.21 Å². The lowest BCUT2D eigenvalue weighted by Gasteiger charge is -2.09. The Morgan fingerprint density at radius 2 is 2.00 bits per heavy atom. The van der Waals surface area contributed by atoms with Crippen molar-refractivity contribution < 1.29 is 0 Å². The molecule has 1 aliphatic rings. The van der Waals surface area contributed by atoms with E-state index in [4.69, 9.17) is 0 Å². The van der Waals surface area contributed by atoms with Gasteiger partial charge in [-0.05, 0) is 48.8 Å². The molecule has 0 N–H and O–H groups in total. The van der Waals surface area contributed by atoms with Crippen LogP contribution in [0.2, 0.25) is 0 Å². The Kier molecular flexibility index (Phi) is 4.17. The van der Waals surface area contributed by atoms with Gasteiger partial charge in [-0.1, -0.05) is 31.2 Å². The number of aliphatic imine (C=N–C) groups is 1. The fraction of sp³-hybridized carbons (Fsp3) is 0.333. The van der Waals surface area contributed by atoms with Crippen LogP contribution in [0.5, 0.6) is 0 Å². The molecule has 0 unspecified atom stereocenters. The summed E-state index contributed by atoms with van der Waals surface area (Å²) >= 11 is 1.69. The number of hydrogen-bond acceptors (Lipinski definition) is 3. The third-order valence-corrected chi connectivity index (χ3v) is 5.18. The number of nitrogens with zero attached hydrogens (tertiary/aromatic N) is 2. The normalized spacial score (nSPS) is 14.1. The lowest BCUT2D eigenvalue weighted by atomic mass is 9.96. The van der Waals surface area contributed by atoms with Gasteiger partial charge >= 0.3 is 0 Å². The predicted molar refractivity (Wildman–Crippen MR) is 88.8 cm³/mol. The molecule has 0 radical (unpaired) electrons. The first-order chi connectivity index (χ1) is 10.3. The summed E-state index contributed by atoms with van der Waals surface area (Å²) < 4.78 is 0. The molecule has 0 atom stereocenters. The van der Waals surface area contributed by atoms with Crippen LogP contribution in [-0.2, 0) is 19.3 Å². The number of hydrogen-bond donors (Lipinski definition) is 0. The van der Waals surface area contributed by atoms with Gasteiger partial charge in [0.2, 0.25) is 0 Å². The molecule has 0 amide bonds. The van der Waals surface area contributed by atoms with Crippen LogP contribution in [0.15, 0.2) is 29.3 Å². The number of thiophene rings is 1. The Bertz CT molecular complexity index is 702. The van der Waals surface area contributed by atoms with E-state index < -0.39 is 0 Å². The zero-order chi connectivity index (χ0) is 14.7. The Balaban J connectivity index is 1.88. The van der Waals surface area contributed by atoms with Gasteiger partial charge in [0.05, 0.1) is 5.56 Å². The molecular weight excluding hydrogens is 276 g/mol. The summed E-state index contributed by atoms with van der Waals surface area (Å²) in [6.45, 7) is 2.15. The minimum absolute atomic E-state index is 0.802. The maximum absolute atomic E-state index is 9.41. The summed E-state index contributed by atoms with van der Waals surface area (Å²) in [5.41, 5.74) is 4.47. The first kappa shape index (κ1) is 14.0. The van der Waals surface area contributed by atoms with Crippen LogP contribution in [0.4, 0.5) is 5.00 Å². The lowest BCUT2D eigenvalue weighted by Crippen LogP contribution is -1.99. The molecule has 21 heavy (non-hydrogen) atoms. The Hall–Kier alpha value is -1.92. The second-order valence-electron chi connectivity index (χ2n) is 5.36. The van der Waals surface area contributed by atoms with Crippen LogP contribution in [-0.4, -0.2) is 6.21 Å². The molecule has 1 aromatic heterocycles. The van der Waals surface area contributed by atoms with Crippen molar-refractivity contribution in [2.45, 2.75) is 39.0 Å². The fourth-order valence-electron chi connectivity index (χ4n) is 2.73. The third-order valence-electron chi connectivity index (χ3n) is 3.98. The summed E-state index contributed by atoms with van der Waals surface area (Å²) in [5, 5.41) is 10.3. The summed E-state index contributed by atoms with van der Waals surface area (Å²) in [5.74, 6) is 0. The van der Waals surface area contributed by atoms with Gasteiger partial charge in [-0.15, -0.1) is 11.3 Å². The molecule has 0 saturated carbocycles. The minimum atomic E-state index is 0.802. The van der Waals surface area contributed by atoms with Crippen LogP contribution >= 0.6 is 11.3 Å². The summed E-state index contributed by atoms with van der Waals surface area (Å²) in [7, 11) is 0. The third kappa shape index (κ3) is 2.91. The van der Waals surface area contributed by atoms with E-state index in [2.05, 4.69) is 42.3 Å². The minimum Gasteiger partial charge on any atom is -0.244 e. The van der Waals surface area contributed by atoms with Crippen molar-refractivity contribution in [2.24, 2.45) is 4.99 Å². The van der Waals surface area contributed by atoms with E-state index in [0.717, 1.165) is 35.4 Å². The molecule has 1 aromatic carbocycles. The van der Waals surface area contributed by atoms with Crippen molar-refractivity contribution in [3.63, 3.8) is 0 Å². The molecular formula is C18H18N2S. The zero-order valence-electron chi connectivity index (χ0n) is 12.2. The van der Waals surface area contributed by atoms with Crippen LogP contribution in [0.3, 0.4) is 0 Å². The highest BCUT2D eigenvalue weighted by molar-refractivity contribution is 7.16. The standard InChI is InChI=1S/C18H18N2S/c1-2-13-7-9-14(10-8-13)12-20-18-16(11-19)15-5-3-4-6-17(15)21-18/h7-10,12H,2-6H2,1H3/b20-12+.